The van der Waals surface area contributed by atoms with Crippen LogP contribution in [-0.4, -0.2) is 65.7 Å². The van der Waals surface area contributed by atoms with Gasteiger partial charge in [-0.3, -0.25) is 0 Å². The van der Waals surface area contributed by atoms with Crippen molar-refractivity contribution < 1.29 is 49.8 Å². The fourth-order valence-electron chi connectivity index (χ4n) is 6.33. The number of hydrogen-bond acceptors (Lipinski definition) is 10. The van der Waals surface area contributed by atoms with Crippen molar-refractivity contribution in [3.05, 3.63) is 94.3 Å². The van der Waals surface area contributed by atoms with E-state index in [0.717, 1.165) is 24.3 Å². The molecule has 4 bridgehead atoms. The molecule has 0 spiro atoms. The Hall–Kier alpha value is -5.57. The zero-order valence-corrected chi connectivity index (χ0v) is 30.6. The fraction of sp³-hybridized carbons (Fsp3) is 0.333. The van der Waals surface area contributed by atoms with Crippen LogP contribution in [-0.2, 0) is 41.3 Å². The van der Waals surface area contributed by atoms with Gasteiger partial charge in [0, 0.05) is 39.8 Å². The first kappa shape index (κ1) is 34.2. The van der Waals surface area contributed by atoms with E-state index in [1.807, 2.05) is 0 Å². The van der Waals surface area contributed by atoms with Crippen molar-refractivity contribution >= 4 is 38.8 Å². The number of sulfone groups is 1. The van der Waals surface area contributed by atoms with Gasteiger partial charge in [-0.1, -0.05) is 25.0 Å². The molecule has 1 aliphatic heterocycles. The lowest BCUT2D eigenvalue weighted by Crippen LogP contribution is -2.26. The third kappa shape index (κ3) is 7.86. The number of carbonyl (C=O) groups is 2. The molecule has 15 heteroatoms. The average molecular weight is 766 g/mol. The lowest BCUT2D eigenvalue weighted by molar-refractivity contribution is -0.145. The maximum absolute atomic E-state index is 16.0. The Bertz CT molecular complexity index is 2470. The number of halogens is 2. The van der Waals surface area contributed by atoms with Gasteiger partial charge in [0.25, 0.3) is 0 Å². The molecule has 0 saturated heterocycles. The molecule has 3 aromatic carbocycles. The third-order valence-electron chi connectivity index (χ3n) is 9.11. The van der Waals surface area contributed by atoms with E-state index in [1.165, 1.54) is 19.2 Å². The number of aryl methyl sites for hydroxylation is 1. The zero-order chi connectivity index (χ0) is 41.1. The maximum atomic E-state index is 16.0. The minimum Gasteiger partial charge on any atom is -0.482 e. The summed E-state index contributed by atoms with van der Waals surface area (Å²) in [6.07, 6.45) is 3.50. The monoisotopic (exact) mass is 765 g/mol. The Kier molecular flexibility index (Phi) is 10.0. The molecule has 6 rings (SSSR count). The largest absolute Gasteiger partial charge is 0.482 e. The average Bonchev–Trinajstić information content (AvgIpc) is 3.83. The third-order valence-corrected chi connectivity index (χ3v) is 10.9. The van der Waals surface area contributed by atoms with Crippen LogP contribution in [0.3, 0.4) is 0 Å². The molecular formula is C39H40F2N4O8S. The Morgan fingerprint density at radius 2 is 1.85 bits per heavy atom. The first-order chi connectivity index (χ1) is 27.1. The number of rotatable bonds is 7. The fourth-order valence-corrected chi connectivity index (χ4v) is 7.74. The summed E-state index contributed by atoms with van der Waals surface area (Å²) in [5.41, 5.74) is -0.822. The van der Waals surface area contributed by atoms with Crippen LogP contribution in [0.15, 0.2) is 65.7 Å². The molecular weight excluding hydrogens is 723 g/mol. The van der Waals surface area contributed by atoms with Crippen molar-refractivity contribution in [3.63, 3.8) is 0 Å². The molecule has 0 radical (unpaired) electrons. The maximum Gasteiger partial charge on any atom is 0.349 e. The first-order valence-electron chi connectivity index (χ1n) is 18.8. The van der Waals surface area contributed by atoms with Gasteiger partial charge in [-0.25, -0.2) is 36.5 Å². The summed E-state index contributed by atoms with van der Waals surface area (Å²) in [7, 11) is -4.35. The number of hydrogen-bond donors (Lipinski definition) is 1. The lowest BCUT2D eigenvalue weighted by Gasteiger charge is -2.28. The van der Waals surface area contributed by atoms with Crippen molar-refractivity contribution in [2.75, 3.05) is 25.6 Å². The van der Waals surface area contributed by atoms with Crippen molar-refractivity contribution in [2.45, 2.75) is 51.9 Å². The number of fused-ring (bicyclic) bond motifs is 8. The summed E-state index contributed by atoms with van der Waals surface area (Å²) in [6, 6.07) is 12.6. The lowest BCUT2D eigenvalue weighted by atomic mass is 9.77. The van der Waals surface area contributed by atoms with Crippen LogP contribution in [0.1, 0.15) is 67.5 Å². The van der Waals surface area contributed by atoms with Crippen molar-refractivity contribution in [1.82, 2.24) is 19.7 Å². The van der Waals surface area contributed by atoms with Gasteiger partial charge < -0.3 is 23.9 Å². The summed E-state index contributed by atoms with van der Waals surface area (Å²) >= 11 is 0. The van der Waals surface area contributed by atoms with Crippen LogP contribution < -0.4 is 9.47 Å². The van der Waals surface area contributed by atoms with Crippen LogP contribution >= 0.6 is 0 Å². The van der Waals surface area contributed by atoms with Crippen LogP contribution in [0.4, 0.5) is 8.78 Å². The smallest absolute Gasteiger partial charge is 0.349 e. The van der Waals surface area contributed by atoms with Crippen LogP contribution in [0.2, 0.25) is 0 Å². The molecule has 1 atom stereocenters. The van der Waals surface area contributed by atoms with Crippen molar-refractivity contribution in [3.8, 4) is 28.6 Å². The number of nitrogens with one attached hydrogen (secondary N) is 1. The van der Waals surface area contributed by atoms with E-state index in [4.69, 9.17) is 23.1 Å². The SMILES string of the molecule is [2H]C([2H])([2H])n1nc2nc1-c1cc(ccc1F)Oc1c(F)cc3[nH]ccc3c1/C=C(/C(=O)OCC)S(=O)(=O)CCCCCC2(C)c1cccc(OCC(=O)OCC)c1. The molecule has 54 heavy (non-hydrogen) atoms. The molecule has 1 aliphatic rings. The van der Waals surface area contributed by atoms with E-state index in [2.05, 4.69) is 15.1 Å². The van der Waals surface area contributed by atoms with Gasteiger partial charge in [0.05, 0.1) is 29.9 Å². The zero-order valence-electron chi connectivity index (χ0n) is 32.8. The Labute approximate surface area is 315 Å². The number of esters is 2. The van der Waals surface area contributed by atoms with Crippen molar-refractivity contribution in [2.24, 2.45) is 6.98 Å². The Balaban J connectivity index is 1.55. The topological polar surface area (TPSA) is 152 Å². The van der Waals surface area contributed by atoms with Crippen LogP contribution in [0, 0.1) is 11.6 Å². The predicted molar refractivity (Wildman–Crippen MR) is 197 cm³/mol. The van der Waals surface area contributed by atoms with Gasteiger partial charge in [0.2, 0.25) is 0 Å². The normalized spacial score (nSPS) is 19.4. The highest BCUT2D eigenvalue weighted by Gasteiger charge is 2.35. The van der Waals surface area contributed by atoms with E-state index in [9.17, 15) is 18.0 Å². The second-order valence-corrected chi connectivity index (χ2v) is 14.8. The summed E-state index contributed by atoms with van der Waals surface area (Å²) in [6.45, 7) is 1.66. The van der Waals surface area contributed by atoms with E-state index >= 15 is 8.78 Å². The molecule has 5 aromatic rings. The number of carbonyl (C=O) groups excluding carboxylic acids is 2. The molecule has 12 nitrogen and oxygen atoms in total. The van der Waals surface area contributed by atoms with Gasteiger partial charge in [0.1, 0.15) is 17.3 Å². The summed E-state index contributed by atoms with van der Waals surface area (Å²) in [4.78, 5) is 32.1. The Morgan fingerprint density at radius 3 is 2.63 bits per heavy atom. The van der Waals surface area contributed by atoms with E-state index < -0.39 is 62.2 Å². The number of nitrogens with zero attached hydrogens (tertiary/aromatic N) is 3. The number of aromatic amines is 1. The minimum atomic E-state index is -4.35. The van der Waals surface area contributed by atoms with Gasteiger partial charge in [0.15, 0.2) is 44.6 Å². The molecule has 1 unspecified atom stereocenters. The molecule has 284 valence electrons. The second-order valence-electron chi connectivity index (χ2n) is 12.8. The number of ether oxygens (including phenoxy) is 4. The molecule has 0 fully saturated rings. The highest BCUT2D eigenvalue weighted by molar-refractivity contribution is 7.96. The minimum absolute atomic E-state index is 0.00519. The molecule has 0 aliphatic carbocycles. The van der Waals surface area contributed by atoms with Gasteiger partial charge in [-0.05, 0) is 81.7 Å². The predicted octanol–water partition coefficient (Wildman–Crippen LogP) is 7.17. The van der Waals surface area contributed by atoms with Crippen molar-refractivity contribution in [1.29, 1.82) is 0 Å². The molecule has 3 heterocycles. The quantitative estimate of drug-likeness (QED) is 0.169. The van der Waals surface area contributed by atoms with E-state index in [0.29, 0.717) is 34.2 Å². The van der Waals surface area contributed by atoms with Crippen LogP contribution in [0.25, 0.3) is 28.4 Å². The van der Waals surface area contributed by atoms with E-state index in [-0.39, 0.29) is 66.7 Å². The highest BCUT2D eigenvalue weighted by atomic mass is 32.2. The molecule has 2 aromatic heterocycles. The first-order valence-corrected chi connectivity index (χ1v) is 19.0. The van der Waals surface area contributed by atoms with Gasteiger partial charge >= 0.3 is 11.9 Å². The van der Waals surface area contributed by atoms with Crippen LogP contribution in [0.5, 0.6) is 17.2 Å². The van der Waals surface area contributed by atoms with Gasteiger partial charge in [-0.15, -0.1) is 0 Å². The summed E-state index contributed by atoms with van der Waals surface area (Å²) in [5, 5.41) is 4.75. The number of H-pyrrole nitrogens is 1. The van der Waals surface area contributed by atoms with E-state index in [1.54, 1.807) is 44.2 Å². The van der Waals surface area contributed by atoms with Gasteiger partial charge in [-0.2, -0.15) is 5.10 Å². The summed E-state index contributed by atoms with van der Waals surface area (Å²) in [5.74, 6) is -4.77. The number of benzene rings is 3. The standard InChI is InChI=1S/C39H40F2N4O8S/c1-5-50-34(46)23-52-25-12-10-11-24(19-25)39(3)16-8-7-9-18-54(48,49)33(37(47)51-6-2)21-28-27-15-17-42-32(27)22-31(41)35(28)53-26-13-14-30(40)29(20-26)36-43-38(39)44-45(36)4/h10-15,17,19-22,42H,5-9,16,18,23H2,1-4H3/b33-21-/i4D3. The molecule has 1 N–H and O–H groups in total. The molecule has 0 saturated carbocycles. The number of aromatic nitrogens is 4. The highest BCUT2D eigenvalue weighted by Crippen LogP contribution is 2.41. The summed E-state index contributed by atoms with van der Waals surface area (Å²) < 4.78 is 107. The Morgan fingerprint density at radius 1 is 1.04 bits per heavy atom. The molecule has 0 amide bonds. The second kappa shape index (κ2) is 15.8.